The smallest absolute Gasteiger partial charge is 0.309 e. The zero-order valence-corrected chi connectivity index (χ0v) is 35.7. The molecule has 0 aromatic heterocycles. The van der Waals surface area contributed by atoms with Gasteiger partial charge in [-0.1, -0.05) is 40.5 Å². The fourth-order valence-corrected chi connectivity index (χ4v) is 5.99. The van der Waals surface area contributed by atoms with Gasteiger partial charge in [0.05, 0.1) is 38.1 Å². The Morgan fingerprint density at radius 1 is 0.768 bits per heavy atom. The molecule has 0 amide bonds. The third-order valence-electron chi connectivity index (χ3n) is 8.90. The van der Waals surface area contributed by atoms with Crippen LogP contribution in [-0.2, 0) is 28.6 Å². The lowest BCUT2D eigenvalue weighted by Gasteiger charge is -2.41. The SMILES string of the molecule is CC(C)CC(CCCCNCC(=O)C(O)C(O)C(O)CO)C(=O)OC(C)(C)C.CC(C)CC(CCCCNCC1(O)OCC(O)C(O)C1O)C(=O)OC(C)(C)C. The van der Waals surface area contributed by atoms with Gasteiger partial charge < -0.3 is 65.7 Å². The molecule has 332 valence electrons. The monoisotopic (exact) mass is 811 g/mol. The number of hydrogen-bond acceptors (Lipinski definition) is 16. The predicted molar refractivity (Wildman–Crippen MR) is 210 cm³/mol. The summed E-state index contributed by atoms with van der Waals surface area (Å²) in [4.78, 5) is 36.5. The Kier molecular flexibility index (Phi) is 25.4. The topological polar surface area (TPSA) is 265 Å². The minimum atomic E-state index is -1.94. The van der Waals surface area contributed by atoms with E-state index in [0.29, 0.717) is 31.3 Å². The number of carbonyl (C=O) groups is 3. The van der Waals surface area contributed by atoms with Gasteiger partial charge in [-0.15, -0.1) is 0 Å². The van der Waals surface area contributed by atoms with Crippen molar-refractivity contribution in [3.8, 4) is 0 Å². The second-order valence-electron chi connectivity index (χ2n) is 17.9. The lowest BCUT2D eigenvalue weighted by atomic mass is 9.92. The van der Waals surface area contributed by atoms with E-state index in [2.05, 4.69) is 38.3 Å². The summed E-state index contributed by atoms with van der Waals surface area (Å²) in [5.41, 5.74) is -1.01. The molecule has 0 spiro atoms. The van der Waals surface area contributed by atoms with Gasteiger partial charge in [0.15, 0.2) is 5.78 Å². The minimum Gasteiger partial charge on any atom is -0.460 e. The Hall–Kier alpha value is -1.83. The minimum absolute atomic E-state index is 0.0700. The third-order valence-corrected chi connectivity index (χ3v) is 8.90. The second kappa shape index (κ2) is 26.3. The normalized spacial score (nSPS) is 23.1. The van der Waals surface area contributed by atoms with Crippen LogP contribution in [0.25, 0.3) is 0 Å². The van der Waals surface area contributed by atoms with E-state index >= 15 is 0 Å². The molecule has 56 heavy (non-hydrogen) atoms. The number of unbranched alkanes of at least 4 members (excludes halogenated alkanes) is 2. The Morgan fingerprint density at radius 3 is 1.62 bits per heavy atom. The highest BCUT2D eigenvalue weighted by Gasteiger charge is 2.48. The number of ether oxygens (including phenoxy) is 3. The summed E-state index contributed by atoms with van der Waals surface area (Å²) in [6, 6.07) is 0. The number of aliphatic hydroxyl groups excluding tert-OH is 7. The van der Waals surface area contributed by atoms with Gasteiger partial charge in [0.25, 0.3) is 0 Å². The van der Waals surface area contributed by atoms with Crippen molar-refractivity contribution in [2.24, 2.45) is 23.7 Å². The standard InChI is InChI=1S/2C20H39NO7/c1-13(2)10-14(18(25)28-19(3,4)5)8-6-7-9-21-12-20(26)17(24)16(23)15(22)11-27-20;1-13(2)10-14(19(27)28-20(3,4)5)8-6-7-9-21-11-15(23)17(25)18(26)16(24)12-22/h13-17,21-24,26H,6-12H2,1-5H3;13-14,16-18,21-22,24-26H,6-12H2,1-5H3. The van der Waals surface area contributed by atoms with Crippen LogP contribution in [0.4, 0.5) is 0 Å². The summed E-state index contributed by atoms with van der Waals surface area (Å²) < 4.78 is 16.1. The highest BCUT2D eigenvalue weighted by Crippen LogP contribution is 2.25. The van der Waals surface area contributed by atoms with Crippen LogP contribution in [0, 0.1) is 23.7 Å². The van der Waals surface area contributed by atoms with E-state index in [1.165, 1.54) is 0 Å². The Labute approximate surface area is 334 Å². The van der Waals surface area contributed by atoms with Crippen LogP contribution >= 0.6 is 0 Å². The molecule has 0 aromatic rings. The number of ketones is 1. The third kappa shape index (κ3) is 22.9. The Morgan fingerprint density at radius 2 is 1.21 bits per heavy atom. The van der Waals surface area contributed by atoms with E-state index in [1.54, 1.807) is 0 Å². The van der Waals surface area contributed by atoms with Gasteiger partial charge in [-0.2, -0.15) is 0 Å². The fraction of sp³-hybridized carbons (Fsp3) is 0.925. The summed E-state index contributed by atoms with van der Waals surface area (Å²) >= 11 is 0. The molecule has 16 heteroatoms. The molecule has 10 N–H and O–H groups in total. The van der Waals surface area contributed by atoms with Gasteiger partial charge in [0, 0.05) is 0 Å². The maximum absolute atomic E-state index is 12.4. The number of aliphatic hydroxyl groups is 8. The van der Waals surface area contributed by atoms with Gasteiger partial charge in [-0.05, 0) is 105 Å². The molecule has 16 nitrogen and oxygen atoms in total. The molecule has 0 saturated carbocycles. The largest absolute Gasteiger partial charge is 0.460 e. The summed E-state index contributed by atoms with van der Waals surface area (Å²) in [6.07, 6.45) is -3.22. The number of rotatable bonds is 24. The van der Waals surface area contributed by atoms with Gasteiger partial charge >= 0.3 is 11.9 Å². The first-order valence-electron chi connectivity index (χ1n) is 20.2. The Bertz CT molecular complexity index is 1110. The van der Waals surface area contributed by atoms with Crippen LogP contribution in [0.15, 0.2) is 0 Å². The van der Waals surface area contributed by atoms with Crippen molar-refractivity contribution >= 4 is 17.7 Å². The van der Waals surface area contributed by atoms with Crippen molar-refractivity contribution < 1.29 is 69.4 Å². The van der Waals surface area contributed by atoms with E-state index < -0.39 is 66.0 Å². The van der Waals surface area contributed by atoms with Crippen LogP contribution in [0.1, 0.15) is 121 Å². The summed E-state index contributed by atoms with van der Waals surface area (Å²) in [5, 5.41) is 82.3. The van der Waals surface area contributed by atoms with Crippen molar-refractivity contribution in [2.45, 2.75) is 174 Å². The molecule has 1 aliphatic heterocycles. The lowest BCUT2D eigenvalue weighted by molar-refractivity contribution is -0.317. The van der Waals surface area contributed by atoms with Gasteiger partial charge in [-0.3, -0.25) is 14.4 Å². The van der Waals surface area contributed by atoms with Crippen LogP contribution in [0.3, 0.4) is 0 Å². The number of carbonyl (C=O) groups excluding carboxylic acids is 3. The van der Waals surface area contributed by atoms with E-state index in [-0.39, 0.29) is 43.5 Å². The van der Waals surface area contributed by atoms with E-state index in [1.807, 2.05) is 41.5 Å². The summed E-state index contributed by atoms with van der Waals surface area (Å²) in [7, 11) is 0. The number of nitrogens with one attached hydrogen (secondary N) is 2. The average Bonchev–Trinajstić information content (AvgIpc) is 3.08. The molecule has 0 bridgehead atoms. The molecule has 0 aromatic carbocycles. The molecule has 1 aliphatic rings. The van der Waals surface area contributed by atoms with Crippen LogP contribution in [0.2, 0.25) is 0 Å². The summed E-state index contributed by atoms with van der Waals surface area (Å²) in [6.45, 7) is 19.3. The lowest BCUT2D eigenvalue weighted by Crippen LogP contribution is -2.64. The fourth-order valence-electron chi connectivity index (χ4n) is 5.99. The van der Waals surface area contributed by atoms with Crippen LogP contribution < -0.4 is 10.6 Å². The molecule has 1 rings (SSSR count). The van der Waals surface area contributed by atoms with Crippen LogP contribution in [-0.4, -0.2) is 152 Å². The number of esters is 2. The molecule has 0 radical (unpaired) electrons. The van der Waals surface area contributed by atoms with Crippen molar-refractivity contribution in [3.05, 3.63) is 0 Å². The molecule has 0 aliphatic carbocycles. The summed E-state index contributed by atoms with van der Waals surface area (Å²) in [5.74, 6) is -2.44. The maximum atomic E-state index is 12.4. The average molecular weight is 811 g/mol. The second-order valence-corrected chi connectivity index (χ2v) is 17.9. The number of Topliss-reactive ketones (excluding diaryl/α,β-unsaturated/α-hetero) is 1. The first-order valence-corrected chi connectivity index (χ1v) is 20.2. The molecule has 9 unspecified atom stereocenters. The highest BCUT2D eigenvalue weighted by molar-refractivity contribution is 5.85. The first kappa shape index (κ1) is 54.2. The number of hydrogen-bond donors (Lipinski definition) is 10. The zero-order valence-electron chi connectivity index (χ0n) is 35.7. The van der Waals surface area contributed by atoms with Crippen molar-refractivity contribution in [2.75, 3.05) is 39.4 Å². The van der Waals surface area contributed by atoms with E-state index in [0.717, 1.165) is 44.9 Å². The van der Waals surface area contributed by atoms with E-state index in [9.17, 15) is 50.1 Å². The van der Waals surface area contributed by atoms with Crippen molar-refractivity contribution in [1.29, 1.82) is 0 Å². The molecule has 1 saturated heterocycles. The quantitative estimate of drug-likeness (QED) is 0.0481. The van der Waals surface area contributed by atoms with Gasteiger partial charge in [-0.25, -0.2) is 0 Å². The highest BCUT2D eigenvalue weighted by atomic mass is 16.6. The molecule has 1 fully saturated rings. The zero-order chi connectivity index (χ0) is 43.4. The predicted octanol–water partition coefficient (Wildman–Crippen LogP) is 0.946. The molecule has 9 atom stereocenters. The first-order chi connectivity index (χ1) is 25.7. The van der Waals surface area contributed by atoms with Crippen molar-refractivity contribution in [1.82, 2.24) is 10.6 Å². The Balaban J connectivity index is 0.00000108. The van der Waals surface area contributed by atoms with Gasteiger partial charge in [0.2, 0.25) is 5.79 Å². The molecule has 1 heterocycles. The molecular weight excluding hydrogens is 732 g/mol. The van der Waals surface area contributed by atoms with Crippen LogP contribution in [0.5, 0.6) is 0 Å². The van der Waals surface area contributed by atoms with Gasteiger partial charge in [0.1, 0.15) is 47.8 Å². The van der Waals surface area contributed by atoms with E-state index in [4.69, 9.17) is 19.3 Å². The molecular formula is C40H78N2O14. The van der Waals surface area contributed by atoms with Crippen molar-refractivity contribution in [3.63, 3.8) is 0 Å². The maximum Gasteiger partial charge on any atom is 0.309 e.